The molecule has 3 aromatic rings. The molecule has 0 atom stereocenters. The zero-order valence-electron chi connectivity index (χ0n) is 16.8. The van der Waals surface area contributed by atoms with Crippen molar-refractivity contribution < 1.29 is 9.47 Å². The van der Waals surface area contributed by atoms with Gasteiger partial charge in [0.1, 0.15) is 5.65 Å². The molecule has 0 spiro atoms. The van der Waals surface area contributed by atoms with E-state index in [0.29, 0.717) is 18.0 Å². The molecule has 0 aliphatic carbocycles. The van der Waals surface area contributed by atoms with Crippen LogP contribution in [0.2, 0.25) is 0 Å². The highest BCUT2D eigenvalue weighted by Crippen LogP contribution is 2.29. The Morgan fingerprint density at radius 3 is 2.71 bits per heavy atom. The number of nitrogens with zero attached hydrogens (tertiary/aromatic N) is 3. The van der Waals surface area contributed by atoms with E-state index in [2.05, 4.69) is 39.2 Å². The molecule has 148 valence electrons. The molecule has 3 rings (SSSR count). The summed E-state index contributed by atoms with van der Waals surface area (Å²) in [7, 11) is 3.24. The van der Waals surface area contributed by atoms with Crippen molar-refractivity contribution in [3.05, 3.63) is 54.0 Å². The molecule has 2 heterocycles. The van der Waals surface area contributed by atoms with Gasteiger partial charge in [-0.3, -0.25) is 4.99 Å². The van der Waals surface area contributed by atoms with Crippen molar-refractivity contribution in [1.29, 1.82) is 0 Å². The number of ether oxygens (including phenoxy) is 2. The molecule has 2 N–H and O–H groups in total. The Morgan fingerprint density at radius 2 is 2.00 bits per heavy atom. The van der Waals surface area contributed by atoms with Crippen LogP contribution >= 0.6 is 0 Å². The van der Waals surface area contributed by atoms with E-state index in [1.165, 1.54) is 5.56 Å². The predicted octanol–water partition coefficient (Wildman–Crippen LogP) is 3.28. The lowest BCUT2D eigenvalue weighted by Gasteiger charge is -2.13. The summed E-state index contributed by atoms with van der Waals surface area (Å²) in [5.74, 6) is 2.08. The smallest absolute Gasteiger partial charge is 0.195 e. The number of aromatic nitrogens is 2. The summed E-state index contributed by atoms with van der Waals surface area (Å²) < 4.78 is 12.7. The number of hydrogen-bond acceptors (Lipinski definition) is 4. The topological polar surface area (TPSA) is 72.2 Å². The largest absolute Gasteiger partial charge is 0.493 e. The van der Waals surface area contributed by atoms with Gasteiger partial charge in [-0.25, -0.2) is 4.98 Å². The van der Waals surface area contributed by atoms with E-state index in [4.69, 9.17) is 14.5 Å². The van der Waals surface area contributed by atoms with E-state index in [0.717, 1.165) is 36.0 Å². The molecule has 7 heteroatoms. The van der Waals surface area contributed by atoms with Gasteiger partial charge in [0.2, 0.25) is 0 Å². The third kappa shape index (κ3) is 4.54. The number of guanidine groups is 1. The van der Waals surface area contributed by atoms with Gasteiger partial charge in [0, 0.05) is 43.7 Å². The summed E-state index contributed by atoms with van der Waals surface area (Å²) in [6, 6.07) is 9.78. The number of rotatable bonds is 7. The minimum atomic E-state index is 0.631. The summed E-state index contributed by atoms with van der Waals surface area (Å²) in [4.78, 5) is 9.37. The van der Waals surface area contributed by atoms with Gasteiger partial charge >= 0.3 is 0 Å². The summed E-state index contributed by atoms with van der Waals surface area (Å²) in [6.07, 6.45) is 4.85. The summed E-state index contributed by atoms with van der Waals surface area (Å²) in [6.45, 7) is 5.51. The number of aliphatic imine (C=N–C) groups is 1. The fourth-order valence-electron chi connectivity index (χ4n) is 2.96. The van der Waals surface area contributed by atoms with E-state index in [1.54, 1.807) is 14.2 Å². The van der Waals surface area contributed by atoms with Crippen LogP contribution < -0.4 is 20.1 Å². The second kappa shape index (κ2) is 9.12. The molecule has 0 fully saturated rings. The van der Waals surface area contributed by atoms with Gasteiger partial charge in [0.15, 0.2) is 17.5 Å². The van der Waals surface area contributed by atoms with Crippen LogP contribution in [-0.4, -0.2) is 42.7 Å². The summed E-state index contributed by atoms with van der Waals surface area (Å²) in [5, 5.41) is 6.57. The van der Waals surface area contributed by atoms with Crippen LogP contribution in [0, 0.1) is 6.92 Å². The molecule has 0 saturated carbocycles. The Balaban J connectivity index is 1.69. The van der Waals surface area contributed by atoms with Crippen molar-refractivity contribution in [2.24, 2.45) is 4.99 Å². The molecule has 0 amide bonds. The first kappa shape index (κ1) is 19.5. The number of hydrogen-bond donors (Lipinski definition) is 2. The first-order chi connectivity index (χ1) is 13.6. The third-order valence-electron chi connectivity index (χ3n) is 4.36. The molecule has 0 radical (unpaired) electrons. The standard InChI is InChI=1S/C21H27N5O2/c1-5-22-21(25-16-8-9-18(27-3)19(13-16)28-4)23-11-10-17-14-26-12-6-7-15(2)20(26)24-17/h6-9,12-14H,5,10-11H2,1-4H3,(H2,22,23,25). The van der Waals surface area contributed by atoms with E-state index < -0.39 is 0 Å². The lowest BCUT2D eigenvalue weighted by molar-refractivity contribution is 0.355. The minimum absolute atomic E-state index is 0.631. The lowest BCUT2D eigenvalue weighted by atomic mass is 10.2. The number of methoxy groups -OCH3 is 2. The molecule has 7 nitrogen and oxygen atoms in total. The number of nitrogens with one attached hydrogen (secondary N) is 2. The van der Waals surface area contributed by atoms with Gasteiger partial charge in [-0.05, 0) is 37.6 Å². The highest BCUT2D eigenvalue weighted by molar-refractivity contribution is 5.93. The van der Waals surface area contributed by atoms with Crippen LogP contribution in [0.25, 0.3) is 5.65 Å². The molecular weight excluding hydrogens is 354 g/mol. The van der Waals surface area contributed by atoms with Gasteiger partial charge in [-0.15, -0.1) is 0 Å². The minimum Gasteiger partial charge on any atom is -0.493 e. The summed E-state index contributed by atoms with van der Waals surface area (Å²) >= 11 is 0. The molecular formula is C21H27N5O2. The Labute approximate surface area is 165 Å². The maximum absolute atomic E-state index is 5.36. The molecule has 0 aliphatic heterocycles. The zero-order chi connectivity index (χ0) is 19.9. The molecule has 28 heavy (non-hydrogen) atoms. The van der Waals surface area contributed by atoms with Gasteiger partial charge < -0.3 is 24.5 Å². The van der Waals surface area contributed by atoms with Crippen molar-refractivity contribution in [2.75, 3.05) is 32.6 Å². The van der Waals surface area contributed by atoms with E-state index >= 15 is 0 Å². The second-order valence-corrected chi connectivity index (χ2v) is 6.36. The number of benzene rings is 1. The second-order valence-electron chi connectivity index (χ2n) is 6.36. The Kier molecular flexibility index (Phi) is 6.37. The van der Waals surface area contributed by atoms with Crippen molar-refractivity contribution in [3.63, 3.8) is 0 Å². The molecule has 2 aromatic heterocycles. The van der Waals surface area contributed by atoms with Gasteiger partial charge in [0.05, 0.1) is 19.9 Å². The number of fused-ring (bicyclic) bond motifs is 1. The van der Waals surface area contributed by atoms with Gasteiger partial charge in [-0.2, -0.15) is 0 Å². The SMILES string of the molecule is CCNC(=NCCc1cn2cccc(C)c2n1)Nc1ccc(OC)c(OC)c1. The monoisotopic (exact) mass is 381 g/mol. The van der Waals surface area contributed by atoms with E-state index in [-0.39, 0.29) is 0 Å². The van der Waals surface area contributed by atoms with Crippen molar-refractivity contribution >= 4 is 17.3 Å². The number of imidazole rings is 1. The average molecular weight is 381 g/mol. The molecule has 1 aromatic carbocycles. The Bertz CT molecular complexity index is 965. The van der Waals surface area contributed by atoms with Crippen LogP contribution in [0.1, 0.15) is 18.2 Å². The number of pyridine rings is 1. The zero-order valence-corrected chi connectivity index (χ0v) is 16.8. The van der Waals surface area contributed by atoms with Crippen LogP contribution in [-0.2, 0) is 6.42 Å². The average Bonchev–Trinajstić information content (AvgIpc) is 3.12. The maximum atomic E-state index is 5.36. The number of anilines is 1. The fourth-order valence-corrected chi connectivity index (χ4v) is 2.96. The highest BCUT2D eigenvalue weighted by atomic mass is 16.5. The highest BCUT2D eigenvalue weighted by Gasteiger charge is 2.07. The van der Waals surface area contributed by atoms with Crippen LogP contribution in [0.15, 0.2) is 47.7 Å². The van der Waals surface area contributed by atoms with Crippen molar-refractivity contribution in [3.8, 4) is 11.5 Å². The lowest BCUT2D eigenvalue weighted by Crippen LogP contribution is -2.30. The molecule has 0 bridgehead atoms. The Hall–Kier alpha value is -3.22. The quantitative estimate of drug-likeness (QED) is 0.485. The first-order valence-corrected chi connectivity index (χ1v) is 9.35. The predicted molar refractivity (Wildman–Crippen MR) is 113 cm³/mol. The fraction of sp³-hybridized carbons (Fsp3) is 0.333. The first-order valence-electron chi connectivity index (χ1n) is 9.35. The molecule has 0 saturated heterocycles. The van der Waals surface area contributed by atoms with E-state index in [1.807, 2.05) is 37.4 Å². The van der Waals surface area contributed by atoms with Crippen LogP contribution in [0.3, 0.4) is 0 Å². The van der Waals surface area contributed by atoms with Gasteiger partial charge in [0.25, 0.3) is 0 Å². The van der Waals surface area contributed by atoms with E-state index in [9.17, 15) is 0 Å². The van der Waals surface area contributed by atoms with Crippen LogP contribution in [0.5, 0.6) is 11.5 Å². The summed E-state index contributed by atoms with van der Waals surface area (Å²) in [5.41, 5.74) is 4.07. The normalized spacial score (nSPS) is 11.5. The van der Waals surface area contributed by atoms with Gasteiger partial charge in [-0.1, -0.05) is 6.07 Å². The Morgan fingerprint density at radius 1 is 1.18 bits per heavy atom. The molecule has 0 aliphatic rings. The third-order valence-corrected chi connectivity index (χ3v) is 4.36. The number of aryl methyl sites for hydroxylation is 1. The van der Waals surface area contributed by atoms with Crippen LogP contribution in [0.4, 0.5) is 5.69 Å². The maximum Gasteiger partial charge on any atom is 0.195 e. The molecule has 0 unspecified atom stereocenters. The van der Waals surface area contributed by atoms with Crippen molar-refractivity contribution in [1.82, 2.24) is 14.7 Å². The van der Waals surface area contributed by atoms with Crippen molar-refractivity contribution in [2.45, 2.75) is 20.3 Å².